The van der Waals surface area contributed by atoms with Crippen molar-refractivity contribution in [1.82, 2.24) is 9.78 Å². The van der Waals surface area contributed by atoms with Gasteiger partial charge >= 0.3 is 0 Å². The molecule has 1 saturated carbocycles. The van der Waals surface area contributed by atoms with Gasteiger partial charge in [-0.25, -0.2) is 0 Å². The average molecular weight is 193 g/mol. The van der Waals surface area contributed by atoms with E-state index in [-0.39, 0.29) is 0 Å². The average Bonchev–Trinajstić information content (AvgIpc) is 2.94. The molecule has 3 heteroatoms. The fourth-order valence-corrected chi connectivity index (χ4v) is 2.01. The third kappa shape index (κ3) is 1.69. The van der Waals surface area contributed by atoms with Crippen LogP contribution in [-0.4, -0.2) is 16.3 Å². The van der Waals surface area contributed by atoms with Crippen LogP contribution in [0.5, 0.6) is 0 Å². The molecule has 0 atom stereocenters. The minimum Gasteiger partial charge on any atom is -0.330 e. The van der Waals surface area contributed by atoms with Gasteiger partial charge in [0, 0.05) is 5.69 Å². The molecule has 3 nitrogen and oxygen atoms in total. The van der Waals surface area contributed by atoms with E-state index in [1.807, 2.05) is 0 Å². The predicted molar refractivity (Wildman–Crippen MR) is 57.3 cm³/mol. The van der Waals surface area contributed by atoms with Gasteiger partial charge < -0.3 is 5.73 Å². The molecule has 0 saturated heterocycles. The molecule has 1 aromatic rings. The third-order valence-corrected chi connectivity index (χ3v) is 3.00. The van der Waals surface area contributed by atoms with Crippen LogP contribution in [-0.2, 0) is 6.42 Å². The maximum absolute atomic E-state index is 5.53. The first kappa shape index (κ1) is 9.71. The van der Waals surface area contributed by atoms with Crippen molar-refractivity contribution in [1.29, 1.82) is 0 Å². The Hall–Kier alpha value is -0.830. The van der Waals surface area contributed by atoms with Gasteiger partial charge in [0.15, 0.2) is 0 Å². The lowest BCUT2D eigenvalue weighted by atomic mass is 10.1. The Balaban J connectivity index is 2.20. The van der Waals surface area contributed by atoms with Gasteiger partial charge in [0.2, 0.25) is 0 Å². The quantitative estimate of drug-likeness (QED) is 0.791. The number of rotatable bonds is 4. The van der Waals surface area contributed by atoms with E-state index in [1.54, 1.807) is 0 Å². The van der Waals surface area contributed by atoms with Gasteiger partial charge in [-0.2, -0.15) is 5.10 Å². The Labute approximate surface area is 85.3 Å². The summed E-state index contributed by atoms with van der Waals surface area (Å²) in [4.78, 5) is 0. The topological polar surface area (TPSA) is 43.8 Å². The molecule has 0 amide bonds. The lowest BCUT2D eigenvalue weighted by molar-refractivity contribution is 0.616. The van der Waals surface area contributed by atoms with E-state index in [4.69, 9.17) is 5.73 Å². The summed E-state index contributed by atoms with van der Waals surface area (Å²) in [6.45, 7) is 5.06. The van der Waals surface area contributed by atoms with E-state index < -0.39 is 0 Å². The first-order valence-electron chi connectivity index (χ1n) is 5.48. The van der Waals surface area contributed by atoms with Crippen LogP contribution in [0.15, 0.2) is 0 Å². The van der Waals surface area contributed by atoms with E-state index in [1.165, 1.54) is 29.8 Å². The van der Waals surface area contributed by atoms with Gasteiger partial charge in [-0.15, -0.1) is 0 Å². The zero-order valence-corrected chi connectivity index (χ0v) is 9.08. The van der Waals surface area contributed by atoms with Crippen molar-refractivity contribution in [2.75, 3.05) is 6.54 Å². The van der Waals surface area contributed by atoms with E-state index in [0.717, 1.165) is 19.4 Å². The molecule has 2 rings (SSSR count). The van der Waals surface area contributed by atoms with Crippen molar-refractivity contribution >= 4 is 0 Å². The van der Waals surface area contributed by atoms with Gasteiger partial charge in [-0.3, -0.25) is 4.68 Å². The molecule has 0 radical (unpaired) electrons. The second-order valence-electron chi connectivity index (χ2n) is 4.22. The second kappa shape index (κ2) is 3.73. The number of aromatic nitrogens is 2. The van der Waals surface area contributed by atoms with Gasteiger partial charge in [0.25, 0.3) is 0 Å². The highest BCUT2D eigenvalue weighted by atomic mass is 15.3. The largest absolute Gasteiger partial charge is 0.330 e. The Bertz CT molecular complexity index is 324. The zero-order valence-electron chi connectivity index (χ0n) is 9.08. The number of nitrogens with two attached hydrogens (primary N) is 1. The second-order valence-corrected chi connectivity index (χ2v) is 4.22. The van der Waals surface area contributed by atoms with Crippen LogP contribution in [0.1, 0.15) is 42.3 Å². The fraction of sp³-hybridized carbons (Fsp3) is 0.727. The lowest BCUT2D eigenvalue weighted by Gasteiger charge is -2.02. The molecule has 1 aliphatic carbocycles. The van der Waals surface area contributed by atoms with E-state index in [2.05, 4.69) is 23.6 Å². The third-order valence-electron chi connectivity index (χ3n) is 3.00. The van der Waals surface area contributed by atoms with E-state index >= 15 is 0 Å². The van der Waals surface area contributed by atoms with Gasteiger partial charge in [0.1, 0.15) is 0 Å². The summed E-state index contributed by atoms with van der Waals surface area (Å²) in [5.41, 5.74) is 9.50. The summed E-state index contributed by atoms with van der Waals surface area (Å²) in [6.07, 6.45) is 4.76. The van der Waals surface area contributed by atoms with E-state index in [9.17, 15) is 0 Å². The standard InChI is InChI=1S/C11H19N3/c1-8-11(4-3-7-12)9(2)14(13-8)10-5-6-10/h10H,3-7,12H2,1-2H3. The zero-order chi connectivity index (χ0) is 10.1. The molecular weight excluding hydrogens is 174 g/mol. The fourth-order valence-electron chi connectivity index (χ4n) is 2.01. The SMILES string of the molecule is Cc1nn(C2CC2)c(C)c1CCCN. The molecule has 1 aromatic heterocycles. The summed E-state index contributed by atoms with van der Waals surface area (Å²) < 4.78 is 2.21. The Kier molecular flexibility index (Phi) is 2.59. The summed E-state index contributed by atoms with van der Waals surface area (Å²) in [7, 11) is 0. The molecule has 0 bridgehead atoms. The highest BCUT2D eigenvalue weighted by Crippen LogP contribution is 2.36. The van der Waals surface area contributed by atoms with Crippen LogP contribution >= 0.6 is 0 Å². The van der Waals surface area contributed by atoms with Crippen LogP contribution in [0.3, 0.4) is 0 Å². The van der Waals surface area contributed by atoms with Crippen molar-refractivity contribution in [2.24, 2.45) is 5.73 Å². The van der Waals surface area contributed by atoms with Crippen molar-refractivity contribution in [3.8, 4) is 0 Å². The maximum atomic E-state index is 5.53. The normalized spacial score (nSPS) is 16.2. The summed E-state index contributed by atoms with van der Waals surface area (Å²) in [5.74, 6) is 0. The minimum absolute atomic E-state index is 0.695. The lowest BCUT2D eigenvalue weighted by Crippen LogP contribution is -2.02. The van der Waals surface area contributed by atoms with Crippen LogP contribution < -0.4 is 5.73 Å². The van der Waals surface area contributed by atoms with Crippen LogP contribution in [0, 0.1) is 13.8 Å². The maximum Gasteiger partial charge on any atom is 0.0628 e. The van der Waals surface area contributed by atoms with Crippen LogP contribution in [0.2, 0.25) is 0 Å². The summed E-state index contributed by atoms with van der Waals surface area (Å²) in [5, 5.41) is 4.60. The molecule has 0 aromatic carbocycles. The molecule has 0 spiro atoms. The molecule has 0 unspecified atom stereocenters. The highest BCUT2D eigenvalue weighted by Gasteiger charge is 2.27. The smallest absolute Gasteiger partial charge is 0.0628 e. The summed E-state index contributed by atoms with van der Waals surface area (Å²) in [6, 6.07) is 0.695. The van der Waals surface area contributed by atoms with E-state index in [0.29, 0.717) is 6.04 Å². The van der Waals surface area contributed by atoms with Gasteiger partial charge in [-0.1, -0.05) is 0 Å². The molecule has 0 aliphatic heterocycles. The monoisotopic (exact) mass is 193 g/mol. The molecule has 1 heterocycles. The first-order chi connectivity index (χ1) is 6.74. The predicted octanol–water partition coefficient (Wildman–Crippen LogP) is 1.73. The summed E-state index contributed by atoms with van der Waals surface area (Å²) >= 11 is 0. The molecule has 1 aliphatic rings. The number of hydrogen-bond donors (Lipinski definition) is 1. The van der Waals surface area contributed by atoms with Crippen molar-refractivity contribution in [3.05, 3.63) is 17.0 Å². The highest BCUT2D eigenvalue weighted by molar-refractivity contribution is 5.25. The van der Waals surface area contributed by atoms with Gasteiger partial charge in [-0.05, 0) is 51.6 Å². The Morgan fingerprint density at radius 2 is 2.14 bits per heavy atom. The van der Waals surface area contributed by atoms with Crippen molar-refractivity contribution in [2.45, 2.75) is 45.6 Å². The molecule has 1 fully saturated rings. The number of nitrogens with zero attached hydrogens (tertiary/aromatic N) is 2. The minimum atomic E-state index is 0.695. The molecule has 2 N–H and O–H groups in total. The number of hydrogen-bond acceptors (Lipinski definition) is 2. The first-order valence-corrected chi connectivity index (χ1v) is 5.48. The molecular formula is C11H19N3. The van der Waals surface area contributed by atoms with Crippen LogP contribution in [0.25, 0.3) is 0 Å². The Morgan fingerprint density at radius 1 is 1.43 bits per heavy atom. The van der Waals surface area contributed by atoms with Gasteiger partial charge in [0.05, 0.1) is 11.7 Å². The van der Waals surface area contributed by atoms with Crippen molar-refractivity contribution < 1.29 is 0 Å². The molecule has 14 heavy (non-hydrogen) atoms. The van der Waals surface area contributed by atoms with Crippen molar-refractivity contribution in [3.63, 3.8) is 0 Å². The number of aryl methyl sites for hydroxylation is 1. The Morgan fingerprint density at radius 3 is 2.71 bits per heavy atom. The van der Waals surface area contributed by atoms with Crippen LogP contribution in [0.4, 0.5) is 0 Å². The molecule has 78 valence electrons.